The van der Waals surface area contributed by atoms with Gasteiger partial charge in [-0.25, -0.2) is 0 Å². The Morgan fingerprint density at radius 1 is 0.895 bits per heavy atom. The van der Waals surface area contributed by atoms with Crippen LogP contribution in [0.5, 0.6) is 5.75 Å². The normalized spacial score (nSPS) is 10.4. The van der Waals surface area contributed by atoms with Crippen molar-refractivity contribution in [2.24, 2.45) is 0 Å². The van der Waals surface area contributed by atoms with Gasteiger partial charge in [-0.1, -0.05) is 57.6 Å². The van der Waals surface area contributed by atoms with Crippen molar-refractivity contribution in [1.82, 2.24) is 0 Å². The molecule has 0 aliphatic heterocycles. The van der Waals surface area contributed by atoms with Crippen molar-refractivity contribution in [2.75, 3.05) is 18.5 Å². The number of rotatable bonds is 11. The second kappa shape index (κ2) is 10.7. The van der Waals surface area contributed by atoms with Crippen molar-refractivity contribution < 1.29 is 4.74 Å². The molecule has 0 amide bonds. The number of nitrogens with one attached hydrogen (secondary N) is 1. The average Bonchev–Trinajstić information content (AvgIpc) is 2.44. The van der Waals surface area contributed by atoms with Crippen LogP contribution in [0.15, 0.2) is 24.3 Å². The molecule has 0 aliphatic carbocycles. The predicted molar refractivity (Wildman–Crippen MR) is 84.1 cm³/mol. The van der Waals surface area contributed by atoms with E-state index in [1.807, 2.05) is 19.1 Å². The van der Waals surface area contributed by atoms with Crippen molar-refractivity contribution in [3.63, 3.8) is 0 Å². The van der Waals surface area contributed by atoms with Crippen LogP contribution in [0.25, 0.3) is 0 Å². The lowest BCUT2D eigenvalue weighted by Gasteiger charge is -2.11. The smallest absolute Gasteiger partial charge is 0.142 e. The molecular weight excluding hydrogens is 234 g/mol. The molecule has 1 rings (SSSR count). The fourth-order valence-corrected chi connectivity index (χ4v) is 2.20. The molecule has 19 heavy (non-hydrogen) atoms. The van der Waals surface area contributed by atoms with E-state index in [2.05, 4.69) is 24.4 Å². The van der Waals surface area contributed by atoms with E-state index in [-0.39, 0.29) is 0 Å². The summed E-state index contributed by atoms with van der Waals surface area (Å²) in [5.74, 6) is 0.966. The van der Waals surface area contributed by atoms with Gasteiger partial charge in [0.05, 0.1) is 12.3 Å². The minimum Gasteiger partial charge on any atom is -0.492 e. The SMILES string of the molecule is CCCCCCCCCNc1ccccc1OCC. The third-order valence-electron chi connectivity index (χ3n) is 3.28. The Morgan fingerprint density at radius 3 is 2.32 bits per heavy atom. The molecular formula is C17H29NO. The molecule has 0 spiro atoms. The van der Waals surface area contributed by atoms with Gasteiger partial charge in [-0.05, 0) is 25.5 Å². The highest BCUT2D eigenvalue weighted by atomic mass is 16.5. The molecule has 0 aromatic heterocycles. The van der Waals surface area contributed by atoms with Crippen LogP contribution in [-0.2, 0) is 0 Å². The van der Waals surface area contributed by atoms with Gasteiger partial charge in [-0.15, -0.1) is 0 Å². The van der Waals surface area contributed by atoms with Crippen LogP contribution >= 0.6 is 0 Å². The average molecular weight is 263 g/mol. The summed E-state index contributed by atoms with van der Waals surface area (Å²) in [5.41, 5.74) is 1.12. The fraction of sp³-hybridized carbons (Fsp3) is 0.647. The standard InChI is InChI=1S/C17H29NO/c1-3-5-6-7-8-9-12-15-18-16-13-10-11-14-17(16)19-4-2/h10-11,13-14,18H,3-9,12,15H2,1-2H3. The quantitative estimate of drug-likeness (QED) is 0.551. The van der Waals surface area contributed by atoms with Gasteiger partial charge in [0.25, 0.3) is 0 Å². The third kappa shape index (κ3) is 7.09. The van der Waals surface area contributed by atoms with Gasteiger partial charge < -0.3 is 10.1 Å². The summed E-state index contributed by atoms with van der Waals surface area (Å²) in [6, 6.07) is 8.18. The lowest BCUT2D eigenvalue weighted by molar-refractivity contribution is 0.341. The predicted octanol–water partition coefficient (Wildman–Crippen LogP) is 5.25. The summed E-state index contributed by atoms with van der Waals surface area (Å²) in [4.78, 5) is 0. The molecule has 108 valence electrons. The summed E-state index contributed by atoms with van der Waals surface area (Å²) in [6.45, 7) is 6.04. The van der Waals surface area contributed by atoms with Crippen LogP contribution in [0.2, 0.25) is 0 Å². The number of hydrogen-bond acceptors (Lipinski definition) is 2. The van der Waals surface area contributed by atoms with E-state index < -0.39 is 0 Å². The van der Waals surface area contributed by atoms with E-state index in [9.17, 15) is 0 Å². The highest BCUT2D eigenvalue weighted by molar-refractivity contribution is 5.56. The van der Waals surface area contributed by atoms with Gasteiger partial charge in [-0.2, -0.15) is 0 Å². The number of benzene rings is 1. The van der Waals surface area contributed by atoms with Crippen LogP contribution in [0.4, 0.5) is 5.69 Å². The van der Waals surface area contributed by atoms with Gasteiger partial charge >= 0.3 is 0 Å². The Hall–Kier alpha value is -1.18. The fourth-order valence-electron chi connectivity index (χ4n) is 2.20. The van der Waals surface area contributed by atoms with Crippen LogP contribution < -0.4 is 10.1 Å². The van der Waals surface area contributed by atoms with Crippen LogP contribution in [0, 0.1) is 0 Å². The van der Waals surface area contributed by atoms with E-state index in [0.29, 0.717) is 0 Å². The summed E-state index contributed by atoms with van der Waals surface area (Å²) >= 11 is 0. The van der Waals surface area contributed by atoms with E-state index in [1.54, 1.807) is 0 Å². The number of para-hydroxylation sites is 2. The lowest BCUT2D eigenvalue weighted by Crippen LogP contribution is -2.04. The lowest BCUT2D eigenvalue weighted by atomic mass is 10.1. The molecule has 0 aliphatic rings. The van der Waals surface area contributed by atoms with Crippen LogP contribution in [-0.4, -0.2) is 13.2 Å². The van der Waals surface area contributed by atoms with Gasteiger partial charge in [-0.3, -0.25) is 0 Å². The number of ether oxygens (including phenoxy) is 1. The first-order chi connectivity index (χ1) is 9.38. The molecule has 1 aromatic rings. The van der Waals surface area contributed by atoms with Crippen molar-refractivity contribution in [3.8, 4) is 5.75 Å². The molecule has 2 heteroatoms. The molecule has 0 saturated carbocycles. The monoisotopic (exact) mass is 263 g/mol. The highest BCUT2D eigenvalue weighted by Gasteiger charge is 2.00. The maximum atomic E-state index is 5.60. The van der Waals surface area contributed by atoms with E-state index in [1.165, 1.54) is 44.9 Å². The number of unbranched alkanes of at least 4 members (excludes halogenated alkanes) is 6. The van der Waals surface area contributed by atoms with Gasteiger partial charge in [0.15, 0.2) is 0 Å². The zero-order valence-electron chi connectivity index (χ0n) is 12.6. The number of hydrogen-bond donors (Lipinski definition) is 1. The van der Waals surface area contributed by atoms with Crippen LogP contribution in [0.3, 0.4) is 0 Å². The van der Waals surface area contributed by atoms with Crippen molar-refractivity contribution in [2.45, 2.75) is 58.8 Å². The Balaban J connectivity index is 2.12. The Morgan fingerprint density at radius 2 is 1.58 bits per heavy atom. The summed E-state index contributed by atoms with van der Waals surface area (Å²) < 4.78 is 5.60. The van der Waals surface area contributed by atoms with Crippen LogP contribution in [0.1, 0.15) is 58.8 Å². The molecule has 0 heterocycles. The zero-order valence-corrected chi connectivity index (χ0v) is 12.6. The first kappa shape index (κ1) is 15.9. The first-order valence-corrected chi connectivity index (χ1v) is 7.84. The Bertz CT molecular complexity index is 325. The summed E-state index contributed by atoms with van der Waals surface area (Å²) in [6.07, 6.45) is 9.45. The molecule has 0 radical (unpaired) electrons. The Kier molecular flexibility index (Phi) is 8.95. The molecule has 0 bridgehead atoms. The topological polar surface area (TPSA) is 21.3 Å². The first-order valence-electron chi connectivity index (χ1n) is 7.84. The van der Waals surface area contributed by atoms with Gasteiger partial charge in [0.1, 0.15) is 5.75 Å². The maximum Gasteiger partial charge on any atom is 0.142 e. The molecule has 0 saturated heterocycles. The molecule has 0 fully saturated rings. The third-order valence-corrected chi connectivity index (χ3v) is 3.28. The van der Waals surface area contributed by atoms with E-state index in [0.717, 1.165) is 24.6 Å². The van der Waals surface area contributed by atoms with E-state index in [4.69, 9.17) is 4.74 Å². The van der Waals surface area contributed by atoms with Crippen molar-refractivity contribution in [3.05, 3.63) is 24.3 Å². The van der Waals surface area contributed by atoms with Crippen molar-refractivity contribution >= 4 is 5.69 Å². The maximum absolute atomic E-state index is 5.60. The second-order valence-electron chi connectivity index (χ2n) is 4.98. The van der Waals surface area contributed by atoms with Gasteiger partial charge in [0.2, 0.25) is 0 Å². The largest absolute Gasteiger partial charge is 0.492 e. The zero-order chi connectivity index (χ0) is 13.8. The minimum absolute atomic E-state index is 0.718. The molecule has 1 N–H and O–H groups in total. The highest BCUT2D eigenvalue weighted by Crippen LogP contribution is 2.23. The molecule has 0 unspecified atom stereocenters. The second-order valence-corrected chi connectivity index (χ2v) is 4.98. The van der Waals surface area contributed by atoms with Gasteiger partial charge in [0, 0.05) is 6.54 Å². The van der Waals surface area contributed by atoms with E-state index >= 15 is 0 Å². The number of anilines is 1. The molecule has 0 atom stereocenters. The molecule has 2 nitrogen and oxygen atoms in total. The molecule has 1 aromatic carbocycles. The summed E-state index contributed by atoms with van der Waals surface area (Å²) in [5, 5.41) is 3.48. The summed E-state index contributed by atoms with van der Waals surface area (Å²) in [7, 11) is 0. The minimum atomic E-state index is 0.718. The van der Waals surface area contributed by atoms with Crippen molar-refractivity contribution in [1.29, 1.82) is 0 Å². The Labute approximate surface area is 118 Å².